The Bertz CT molecular complexity index is 940. The lowest BCUT2D eigenvalue weighted by Crippen LogP contribution is -2.15. The summed E-state index contributed by atoms with van der Waals surface area (Å²) in [7, 11) is 3.44. The second kappa shape index (κ2) is 8.19. The maximum atomic E-state index is 12.8. The Kier molecular flexibility index (Phi) is 5.52. The minimum Gasteiger partial charge on any atom is -0.497 e. The van der Waals surface area contributed by atoms with Gasteiger partial charge in [-0.25, -0.2) is 0 Å². The van der Waals surface area contributed by atoms with Crippen molar-refractivity contribution in [2.45, 2.75) is 0 Å². The molecule has 2 aromatic rings. The van der Waals surface area contributed by atoms with Crippen molar-refractivity contribution in [1.29, 1.82) is 0 Å². The first-order valence-electron chi connectivity index (χ1n) is 8.46. The molecular formula is C22H20N2O3. The number of nitrogens with zero attached hydrogens (tertiary/aromatic N) is 1. The van der Waals surface area contributed by atoms with Gasteiger partial charge in [-0.1, -0.05) is 18.2 Å². The van der Waals surface area contributed by atoms with Crippen molar-refractivity contribution in [3.05, 3.63) is 95.9 Å². The van der Waals surface area contributed by atoms with Gasteiger partial charge in [0.25, 0.3) is 5.91 Å². The summed E-state index contributed by atoms with van der Waals surface area (Å²) in [5.41, 5.74) is 2.16. The van der Waals surface area contributed by atoms with Crippen LogP contribution in [-0.4, -0.2) is 30.7 Å². The number of para-hydroxylation sites is 1. The summed E-state index contributed by atoms with van der Waals surface area (Å²) in [6.07, 6.45) is 9.05. The van der Waals surface area contributed by atoms with Gasteiger partial charge in [0, 0.05) is 36.1 Å². The van der Waals surface area contributed by atoms with E-state index in [0.29, 0.717) is 22.6 Å². The fourth-order valence-corrected chi connectivity index (χ4v) is 2.64. The summed E-state index contributed by atoms with van der Waals surface area (Å²) in [5.74, 6) is 0.207. The second-order valence-electron chi connectivity index (χ2n) is 5.97. The highest BCUT2D eigenvalue weighted by Crippen LogP contribution is 2.20. The number of benzene rings is 2. The standard InChI is InChI=1S/C22H20N2O3/c1-24-14-6-5-7-17(24)15-21(25)19-8-3-4-9-20(19)23-22(26)16-10-12-18(27-2)13-11-16/h3-15H,1-2H3,(H,23,26)/b17-15+. The Labute approximate surface area is 158 Å². The Hall–Kier alpha value is -3.60. The molecule has 1 heterocycles. The fraction of sp³-hybridized carbons (Fsp3) is 0.0909. The summed E-state index contributed by atoms with van der Waals surface area (Å²) >= 11 is 0. The van der Waals surface area contributed by atoms with Crippen LogP contribution in [0.25, 0.3) is 0 Å². The second-order valence-corrected chi connectivity index (χ2v) is 5.97. The molecule has 0 fully saturated rings. The maximum Gasteiger partial charge on any atom is 0.255 e. The van der Waals surface area contributed by atoms with E-state index in [-0.39, 0.29) is 11.7 Å². The molecule has 0 atom stereocenters. The normalized spacial score (nSPS) is 14.3. The topological polar surface area (TPSA) is 58.6 Å². The zero-order valence-electron chi connectivity index (χ0n) is 15.2. The van der Waals surface area contributed by atoms with Gasteiger partial charge in [0.1, 0.15) is 5.75 Å². The third-order valence-electron chi connectivity index (χ3n) is 4.17. The first kappa shape index (κ1) is 18.2. The van der Waals surface area contributed by atoms with E-state index in [1.54, 1.807) is 61.7 Å². The molecule has 0 saturated carbocycles. The van der Waals surface area contributed by atoms with Gasteiger partial charge in [0.05, 0.1) is 12.8 Å². The van der Waals surface area contributed by atoms with Crippen LogP contribution < -0.4 is 10.1 Å². The van der Waals surface area contributed by atoms with Crippen molar-refractivity contribution in [3.63, 3.8) is 0 Å². The number of likely N-dealkylation sites (N-methyl/N-ethyl adjacent to an activating group) is 1. The molecule has 1 aliphatic heterocycles. The molecule has 1 aliphatic rings. The number of anilines is 1. The fourth-order valence-electron chi connectivity index (χ4n) is 2.64. The largest absolute Gasteiger partial charge is 0.497 e. The number of ether oxygens (including phenoxy) is 1. The number of rotatable bonds is 5. The van der Waals surface area contributed by atoms with Crippen molar-refractivity contribution in [2.24, 2.45) is 0 Å². The molecule has 5 nitrogen and oxygen atoms in total. The molecule has 0 aromatic heterocycles. The SMILES string of the molecule is COc1ccc(C(=O)Nc2ccccc2C(=O)/C=C2\C=CC=CN2C)cc1. The quantitative estimate of drug-likeness (QED) is 0.646. The average Bonchev–Trinajstić information content (AvgIpc) is 2.70. The molecule has 0 radical (unpaired) electrons. The van der Waals surface area contributed by atoms with Gasteiger partial charge >= 0.3 is 0 Å². The number of hydrogen-bond acceptors (Lipinski definition) is 4. The smallest absolute Gasteiger partial charge is 0.255 e. The summed E-state index contributed by atoms with van der Waals surface area (Å²) in [6.45, 7) is 0. The van der Waals surface area contributed by atoms with Crippen LogP contribution in [0.5, 0.6) is 5.75 Å². The van der Waals surface area contributed by atoms with Crippen LogP contribution in [0.4, 0.5) is 5.69 Å². The number of methoxy groups -OCH3 is 1. The number of hydrogen-bond donors (Lipinski definition) is 1. The highest BCUT2D eigenvalue weighted by Gasteiger charge is 2.14. The molecular weight excluding hydrogens is 340 g/mol. The van der Waals surface area contributed by atoms with Crippen LogP contribution in [0.15, 0.2) is 84.7 Å². The summed E-state index contributed by atoms with van der Waals surface area (Å²) in [6, 6.07) is 13.8. The molecule has 136 valence electrons. The Morgan fingerprint density at radius 1 is 1.04 bits per heavy atom. The van der Waals surface area contributed by atoms with Crippen molar-refractivity contribution in [3.8, 4) is 5.75 Å². The van der Waals surface area contributed by atoms with Crippen molar-refractivity contribution >= 4 is 17.4 Å². The van der Waals surface area contributed by atoms with Crippen LogP contribution in [-0.2, 0) is 0 Å². The third kappa shape index (κ3) is 4.33. The molecule has 0 unspecified atom stereocenters. The molecule has 1 amide bonds. The Morgan fingerprint density at radius 2 is 1.78 bits per heavy atom. The molecule has 27 heavy (non-hydrogen) atoms. The predicted octanol–water partition coefficient (Wildman–Crippen LogP) is 4.03. The molecule has 0 bridgehead atoms. The minimum absolute atomic E-state index is 0.178. The van der Waals surface area contributed by atoms with Gasteiger partial charge < -0.3 is 15.0 Å². The lowest BCUT2D eigenvalue weighted by Gasteiger charge is -2.17. The van der Waals surface area contributed by atoms with E-state index in [1.807, 2.05) is 36.4 Å². The van der Waals surface area contributed by atoms with Crippen molar-refractivity contribution in [2.75, 3.05) is 19.5 Å². The molecule has 0 saturated heterocycles. The predicted molar refractivity (Wildman–Crippen MR) is 106 cm³/mol. The van der Waals surface area contributed by atoms with E-state index in [1.165, 1.54) is 0 Å². The number of nitrogens with one attached hydrogen (secondary N) is 1. The van der Waals surface area contributed by atoms with Gasteiger partial charge in [-0.15, -0.1) is 0 Å². The molecule has 5 heteroatoms. The first-order valence-corrected chi connectivity index (χ1v) is 8.46. The lowest BCUT2D eigenvalue weighted by molar-refractivity contribution is 0.102. The monoisotopic (exact) mass is 360 g/mol. The Morgan fingerprint density at radius 3 is 2.48 bits per heavy atom. The lowest BCUT2D eigenvalue weighted by atomic mass is 10.1. The van der Waals surface area contributed by atoms with E-state index in [2.05, 4.69) is 5.32 Å². The van der Waals surface area contributed by atoms with Crippen LogP contribution in [0.1, 0.15) is 20.7 Å². The zero-order chi connectivity index (χ0) is 19.2. The van der Waals surface area contributed by atoms with Crippen molar-refractivity contribution in [1.82, 2.24) is 4.90 Å². The van der Waals surface area contributed by atoms with Gasteiger partial charge in [0.2, 0.25) is 0 Å². The Balaban J connectivity index is 1.82. The van der Waals surface area contributed by atoms with Crippen LogP contribution in [0.2, 0.25) is 0 Å². The summed E-state index contributed by atoms with van der Waals surface area (Å²) in [5, 5.41) is 2.82. The molecule has 0 spiro atoms. The van der Waals surface area contributed by atoms with E-state index in [0.717, 1.165) is 5.70 Å². The molecule has 0 aliphatic carbocycles. The van der Waals surface area contributed by atoms with Crippen LogP contribution >= 0.6 is 0 Å². The van der Waals surface area contributed by atoms with Crippen LogP contribution in [0, 0.1) is 0 Å². The number of carbonyl (C=O) groups excluding carboxylic acids is 2. The van der Waals surface area contributed by atoms with Gasteiger partial charge in [0.15, 0.2) is 5.78 Å². The van der Waals surface area contributed by atoms with E-state index in [4.69, 9.17) is 4.74 Å². The first-order chi connectivity index (χ1) is 13.1. The molecule has 2 aromatic carbocycles. The zero-order valence-corrected chi connectivity index (χ0v) is 15.2. The number of amides is 1. The van der Waals surface area contributed by atoms with E-state index >= 15 is 0 Å². The highest BCUT2D eigenvalue weighted by molar-refractivity contribution is 6.13. The number of ketones is 1. The van der Waals surface area contributed by atoms with Crippen LogP contribution in [0.3, 0.4) is 0 Å². The number of carbonyl (C=O) groups is 2. The number of allylic oxidation sites excluding steroid dienone is 4. The van der Waals surface area contributed by atoms with E-state index in [9.17, 15) is 9.59 Å². The van der Waals surface area contributed by atoms with E-state index < -0.39 is 0 Å². The minimum atomic E-state index is -0.289. The van der Waals surface area contributed by atoms with Gasteiger partial charge in [-0.05, 0) is 48.6 Å². The van der Waals surface area contributed by atoms with Gasteiger partial charge in [-0.3, -0.25) is 9.59 Å². The molecule has 3 rings (SSSR count). The highest BCUT2D eigenvalue weighted by atomic mass is 16.5. The van der Waals surface area contributed by atoms with Crippen molar-refractivity contribution < 1.29 is 14.3 Å². The maximum absolute atomic E-state index is 12.8. The molecule has 1 N–H and O–H groups in total. The summed E-state index contributed by atoms with van der Waals surface area (Å²) in [4.78, 5) is 27.1. The third-order valence-corrected chi connectivity index (χ3v) is 4.17. The summed E-state index contributed by atoms with van der Waals surface area (Å²) < 4.78 is 5.10. The average molecular weight is 360 g/mol. The van der Waals surface area contributed by atoms with Gasteiger partial charge in [-0.2, -0.15) is 0 Å².